The minimum Gasteiger partial charge on any atom is -0.368 e. The molecule has 0 fully saturated rings. The Morgan fingerprint density at radius 2 is 1.20 bits per heavy atom. The van der Waals surface area contributed by atoms with Gasteiger partial charge in [-0.15, -0.1) is 0 Å². The predicted octanol–water partition coefficient (Wildman–Crippen LogP) is 4.76. The van der Waals surface area contributed by atoms with Crippen molar-refractivity contribution in [3.63, 3.8) is 0 Å². The molecule has 0 rings (SSSR count). The molecule has 1 nitrogen and oxygen atoms in total. The highest BCUT2D eigenvalue weighted by atomic mass is 14.8. The van der Waals surface area contributed by atoms with Gasteiger partial charge in [-0.1, -0.05) is 51.7 Å². The van der Waals surface area contributed by atoms with Crippen LogP contribution < -0.4 is 5.32 Å². The quantitative estimate of drug-likeness (QED) is 0.511. The van der Waals surface area contributed by atoms with Crippen LogP contribution >= 0.6 is 0 Å². The SMILES string of the molecule is CCCCC/C=C/N/C=C/CCCCC. The lowest BCUT2D eigenvalue weighted by Crippen LogP contribution is -1.90. The number of allylic oxidation sites excluding steroid dienone is 2. The lowest BCUT2D eigenvalue weighted by Gasteiger charge is -1.93. The highest BCUT2D eigenvalue weighted by molar-refractivity contribution is 4.88. The van der Waals surface area contributed by atoms with Crippen molar-refractivity contribution >= 4 is 0 Å². The average molecular weight is 209 g/mol. The van der Waals surface area contributed by atoms with Crippen LogP contribution in [0.5, 0.6) is 0 Å². The van der Waals surface area contributed by atoms with Crippen LogP contribution in [0.15, 0.2) is 24.6 Å². The molecule has 0 heterocycles. The van der Waals surface area contributed by atoms with Gasteiger partial charge in [0.05, 0.1) is 0 Å². The van der Waals surface area contributed by atoms with E-state index in [1.165, 1.54) is 51.4 Å². The summed E-state index contributed by atoms with van der Waals surface area (Å²) in [4.78, 5) is 0. The van der Waals surface area contributed by atoms with E-state index in [2.05, 4.69) is 31.3 Å². The molecule has 0 bridgehead atoms. The van der Waals surface area contributed by atoms with Crippen molar-refractivity contribution in [1.82, 2.24) is 5.32 Å². The molecule has 0 aromatic rings. The summed E-state index contributed by atoms with van der Waals surface area (Å²) in [5.74, 6) is 0. The minimum atomic E-state index is 1.20. The fraction of sp³-hybridized carbons (Fsp3) is 0.714. The molecule has 0 aliphatic rings. The summed E-state index contributed by atoms with van der Waals surface area (Å²) in [7, 11) is 0. The third-order valence-electron chi connectivity index (χ3n) is 2.38. The van der Waals surface area contributed by atoms with E-state index in [1.807, 2.05) is 12.4 Å². The van der Waals surface area contributed by atoms with Gasteiger partial charge in [0.25, 0.3) is 0 Å². The van der Waals surface area contributed by atoms with Gasteiger partial charge in [0.15, 0.2) is 0 Å². The van der Waals surface area contributed by atoms with Gasteiger partial charge in [0.1, 0.15) is 0 Å². The maximum Gasteiger partial charge on any atom is -0.00358 e. The standard InChI is InChI=1S/C14H27N/c1-3-5-7-9-11-13-15-14-12-10-8-6-4-2/h11-15H,3-10H2,1-2H3/b13-11+,14-12+. The third kappa shape index (κ3) is 13.3. The number of unbranched alkanes of at least 4 members (excludes halogenated alkanes) is 6. The summed E-state index contributed by atoms with van der Waals surface area (Å²) in [6, 6.07) is 0. The predicted molar refractivity (Wildman–Crippen MR) is 69.7 cm³/mol. The van der Waals surface area contributed by atoms with E-state index in [0.29, 0.717) is 0 Å². The van der Waals surface area contributed by atoms with Gasteiger partial charge in [-0.25, -0.2) is 0 Å². The van der Waals surface area contributed by atoms with Crippen molar-refractivity contribution < 1.29 is 0 Å². The molecule has 1 heteroatoms. The summed E-state index contributed by atoms with van der Waals surface area (Å²) in [6.07, 6.45) is 18.8. The van der Waals surface area contributed by atoms with Crippen molar-refractivity contribution in [2.75, 3.05) is 0 Å². The van der Waals surface area contributed by atoms with Gasteiger partial charge in [0.2, 0.25) is 0 Å². The normalized spacial score (nSPS) is 11.6. The fourth-order valence-electron chi connectivity index (χ4n) is 1.38. The van der Waals surface area contributed by atoms with Crippen LogP contribution in [0.2, 0.25) is 0 Å². The van der Waals surface area contributed by atoms with Gasteiger partial charge in [-0.2, -0.15) is 0 Å². The molecule has 0 atom stereocenters. The van der Waals surface area contributed by atoms with Gasteiger partial charge in [0, 0.05) is 0 Å². The highest BCUT2D eigenvalue weighted by Gasteiger charge is 1.81. The molecule has 0 aliphatic carbocycles. The molecule has 0 aromatic heterocycles. The van der Waals surface area contributed by atoms with E-state index in [4.69, 9.17) is 0 Å². The lowest BCUT2D eigenvalue weighted by molar-refractivity contribution is 0.726. The Morgan fingerprint density at radius 3 is 1.60 bits per heavy atom. The second kappa shape index (κ2) is 13.3. The lowest BCUT2D eigenvalue weighted by atomic mass is 10.2. The van der Waals surface area contributed by atoms with Gasteiger partial charge < -0.3 is 5.32 Å². The van der Waals surface area contributed by atoms with Crippen molar-refractivity contribution in [3.8, 4) is 0 Å². The number of hydrogen-bond donors (Lipinski definition) is 1. The maximum atomic E-state index is 3.18. The largest absolute Gasteiger partial charge is 0.368 e. The van der Waals surface area contributed by atoms with E-state index >= 15 is 0 Å². The van der Waals surface area contributed by atoms with Crippen LogP contribution in [-0.2, 0) is 0 Å². The molecule has 0 spiro atoms. The summed E-state index contributed by atoms with van der Waals surface area (Å²) in [5.41, 5.74) is 0. The Labute approximate surface area is 95.7 Å². The van der Waals surface area contributed by atoms with Crippen molar-refractivity contribution in [1.29, 1.82) is 0 Å². The molecular weight excluding hydrogens is 182 g/mol. The van der Waals surface area contributed by atoms with E-state index in [9.17, 15) is 0 Å². The van der Waals surface area contributed by atoms with Crippen molar-refractivity contribution in [3.05, 3.63) is 24.6 Å². The molecule has 0 aromatic carbocycles. The van der Waals surface area contributed by atoms with Crippen LogP contribution in [0.25, 0.3) is 0 Å². The molecule has 15 heavy (non-hydrogen) atoms. The Bertz CT molecular complexity index is 141. The average Bonchev–Trinajstić information content (AvgIpc) is 2.26. The van der Waals surface area contributed by atoms with Crippen molar-refractivity contribution in [2.45, 2.75) is 65.2 Å². The zero-order valence-corrected chi connectivity index (χ0v) is 10.5. The first kappa shape index (κ1) is 14.3. The molecule has 0 saturated carbocycles. The Hall–Kier alpha value is -0.720. The van der Waals surface area contributed by atoms with Crippen molar-refractivity contribution in [2.24, 2.45) is 0 Å². The first-order valence-corrected chi connectivity index (χ1v) is 6.47. The first-order valence-electron chi connectivity index (χ1n) is 6.47. The molecule has 0 radical (unpaired) electrons. The summed E-state index contributed by atoms with van der Waals surface area (Å²) >= 11 is 0. The Balaban J connectivity index is 3.14. The number of nitrogens with one attached hydrogen (secondary N) is 1. The van der Waals surface area contributed by atoms with Crippen LogP contribution in [0.1, 0.15) is 65.2 Å². The topological polar surface area (TPSA) is 12.0 Å². The van der Waals surface area contributed by atoms with Gasteiger partial charge in [-0.05, 0) is 38.1 Å². The minimum absolute atomic E-state index is 1.20. The Morgan fingerprint density at radius 1 is 0.733 bits per heavy atom. The summed E-state index contributed by atoms with van der Waals surface area (Å²) < 4.78 is 0. The zero-order valence-electron chi connectivity index (χ0n) is 10.5. The zero-order chi connectivity index (χ0) is 11.2. The molecule has 0 saturated heterocycles. The van der Waals surface area contributed by atoms with Crippen LogP contribution in [0.4, 0.5) is 0 Å². The Kier molecular flexibility index (Phi) is 12.6. The summed E-state index contributed by atoms with van der Waals surface area (Å²) in [5, 5.41) is 3.18. The van der Waals surface area contributed by atoms with E-state index in [-0.39, 0.29) is 0 Å². The number of hydrogen-bond acceptors (Lipinski definition) is 1. The smallest absolute Gasteiger partial charge is 0.00358 e. The van der Waals surface area contributed by atoms with Crippen LogP contribution in [0, 0.1) is 0 Å². The third-order valence-corrected chi connectivity index (χ3v) is 2.38. The molecule has 0 amide bonds. The molecule has 88 valence electrons. The van der Waals surface area contributed by atoms with Crippen LogP contribution in [0.3, 0.4) is 0 Å². The first-order chi connectivity index (χ1) is 7.41. The van der Waals surface area contributed by atoms with E-state index < -0.39 is 0 Å². The monoisotopic (exact) mass is 209 g/mol. The summed E-state index contributed by atoms with van der Waals surface area (Å²) in [6.45, 7) is 4.47. The van der Waals surface area contributed by atoms with Gasteiger partial charge in [-0.3, -0.25) is 0 Å². The van der Waals surface area contributed by atoms with E-state index in [1.54, 1.807) is 0 Å². The molecule has 0 unspecified atom stereocenters. The second-order valence-electron chi connectivity index (χ2n) is 3.96. The maximum absolute atomic E-state index is 3.18. The molecule has 0 aliphatic heterocycles. The molecular formula is C14H27N. The second-order valence-corrected chi connectivity index (χ2v) is 3.96. The van der Waals surface area contributed by atoms with Gasteiger partial charge >= 0.3 is 0 Å². The molecule has 1 N–H and O–H groups in total. The fourth-order valence-corrected chi connectivity index (χ4v) is 1.38. The van der Waals surface area contributed by atoms with Crippen LogP contribution in [-0.4, -0.2) is 0 Å². The number of rotatable bonds is 10. The van der Waals surface area contributed by atoms with E-state index in [0.717, 1.165) is 0 Å². The highest BCUT2D eigenvalue weighted by Crippen LogP contribution is 1.99.